The van der Waals surface area contributed by atoms with Crippen LogP contribution in [0.15, 0.2) is 42.0 Å². The number of carbonyl (C=O) groups is 5. The van der Waals surface area contributed by atoms with Crippen LogP contribution in [0, 0.1) is 31.6 Å². The van der Waals surface area contributed by atoms with Gasteiger partial charge in [-0.1, -0.05) is 39.7 Å². The highest BCUT2D eigenvalue weighted by Gasteiger charge is 2.76. The van der Waals surface area contributed by atoms with Crippen molar-refractivity contribution in [1.82, 2.24) is 4.90 Å². The Labute approximate surface area is 264 Å². The molecule has 43 heavy (non-hydrogen) atoms. The third-order valence-corrected chi connectivity index (χ3v) is 11.2. The Morgan fingerprint density at radius 2 is 1.65 bits per heavy atom. The monoisotopic (exact) mass is 690 g/mol. The van der Waals surface area contributed by atoms with Gasteiger partial charge in [0.2, 0.25) is 11.8 Å². The number of alkyl halides is 3. The van der Waals surface area contributed by atoms with Gasteiger partial charge in [0.15, 0.2) is 9.75 Å². The number of anilines is 1. The molecule has 6 unspecified atom stereocenters. The second kappa shape index (κ2) is 9.80. The molecule has 13 heteroatoms. The molecule has 0 radical (unpaired) electrons. The number of carboxylic acid groups (broad SMARTS) is 1. The van der Waals surface area contributed by atoms with Crippen LogP contribution in [-0.4, -0.2) is 65.0 Å². The number of halogens is 3. The number of imide groups is 2. The van der Waals surface area contributed by atoms with Gasteiger partial charge in [-0.2, -0.15) is 0 Å². The highest BCUT2D eigenvalue weighted by molar-refractivity contribution is 9.09. The summed E-state index contributed by atoms with van der Waals surface area (Å²) in [6, 6.07) is 6.79. The predicted octanol–water partition coefficient (Wildman–Crippen LogP) is 4.33. The summed E-state index contributed by atoms with van der Waals surface area (Å²) in [6.07, 6.45) is 1.74. The summed E-state index contributed by atoms with van der Waals surface area (Å²) in [5.41, 5.74) is 1.64. The molecule has 4 aliphatic rings. The van der Waals surface area contributed by atoms with E-state index in [-0.39, 0.29) is 35.3 Å². The SMILES string of the molecule is Cc1cc(C2C3=CCC4C(=O)N(c5ccc(C(=O)O)c(O)c5)C(=O)C4C3CC3(Cl)C(=O)N(CBr)C(=O)C23Cl)cc(C)c1O. The van der Waals surface area contributed by atoms with Crippen LogP contribution >= 0.6 is 39.1 Å². The zero-order valence-corrected chi connectivity index (χ0v) is 25.9. The van der Waals surface area contributed by atoms with Crippen LogP contribution in [0.5, 0.6) is 11.5 Å². The number of aromatic carboxylic acids is 1. The standard InChI is InChI=1S/C30H25BrCl2N2O8/c1-12-7-14(8-13(2)23(12)37)22-16-5-6-18-21(19(16)10-29(32)27(42)34(11-31)28(43)30(22,29)33)25(39)35(24(18)38)15-3-4-17(26(40)41)20(36)9-15/h3-5,7-9,18-19,21-22,36-37H,6,10-11H2,1-2H3,(H,40,41). The lowest BCUT2D eigenvalue weighted by Crippen LogP contribution is -2.60. The molecular formula is C30H25BrCl2N2O8. The molecule has 10 nitrogen and oxygen atoms in total. The Morgan fingerprint density at radius 1 is 1.00 bits per heavy atom. The smallest absolute Gasteiger partial charge is 0.339 e. The fourth-order valence-electron chi connectivity index (χ4n) is 7.38. The van der Waals surface area contributed by atoms with Gasteiger partial charge in [-0.15, -0.1) is 23.2 Å². The second-order valence-electron chi connectivity index (χ2n) is 11.5. The zero-order chi connectivity index (χ0) is 31.3. The fraction of sp³-hybridized carbons (Fsp3) is 0.367. The van der Waals surface area contributed by atoms with Crippen LogP contribution in [0.1, 0.15) is 45.8 Å². The summed E-state index contributed by atoms with van der Waals surface area (Å²) in [4.78, 5) is 64.7. The Balaban J connectivity index is 1.51. The Hall–Kier alpha value is -3.41. The van der Waals surface area contributed by atoms with Gasteiger partial charge in [0.05, 0.1) is 23.0 Å². The van der Waals surface area contributed by atoms with Crippen molar-refractivity contribution in [3.8, 4) is 11.5 Å². The van der Waals surface area contributed by atoms with E-state index >= 15 is 0 Å². The lowest BCUT2D eigenvalue weighted by atomic mass is 9.56. The third-order valence-electron chi connectivity index (χ3n) is 9.33. The van der Waals surface area contributed by atoms with Crippen molar-refractivity contribution in [3.05, 3.63) is 64.2 Å². The molecule has 4 amide bonds. The maximum atomic E-state index is 14.1. The molecular weight excluding hydrogens is 667 g/mol. The summed E-state index contributed by atoms with van der Waals surface area (Å²) < 4.78 is 0. The molecule has 1 saturated carbocycles. The highest BCUT2D eigenvalue weighted by Crippen LogP contribution is 2.65. The first kappa shape index (κ1) is 29.7. The number of nitrogens with zero attached hydrogens (tertiary/aromatic N) is 2. The number of hydrogen-bond acceptors (Lipinski definition) is 7. The maximum absolute atomic E-state index is 14.1. The van der Waals surface area contributed by atoms with Gasteiger partial charge in [0.25, 0.3) is 11.8 Å². The average molecular weight is 692 g/mol. The van der Waals surface area contributed by atoms with E-state index in [2.05, 4.69) is 15.9 Å². The maximum Gasteiger partial charge on any atom is 0.339 e. The lowest BCUT2D eigenvalue weighted by molar-refractivity contribution is -0.138. The third kappa shape index (κ3) is 3.80. The van der Waals surface area contributed by atoms with Gasteiger partial charge in [-0.3, -0.25) is 24.1 Å². The Morgan fingerprint density at radius 3 is 2.23 bits per heavy atom. The molecule has 2 saturated heterocycles. The van der Waals surface area contributed by atoms with Crippen molar-refractivity contribution < 1.29 is 39.3 Å². The normalized spacial score (nSPS) is 31.6. The molecule has 2 aromatic rings. The van der Waals surface area contributed by atoms with Crippen molar-refractivity contribution in [2.45, 2.75) is 42.4 Å². The largest absolute Gasteiger partial charge is 0.507 e. The van der Waals surface area contributed by atoms with Gasteiger partial charge in [0.1, 0.15) is 17.1 Å². The minimum atomic E-state index is -1.97. The summed E-state index contributed by atoms with van der Waals surface area (Å²) in [5.74, 6) is -7.97. The van der Waals surface area contributed by atoms with Crippen LogP contribution in [0.4, 0.5) is 5.69 Å². The molecule has 6 rings (SSSR count). The van der Waals surface area contributed by atoms with Crippen molar-refractivity contribution in [2.75, 3.05) is 10.4 Å². The van der Waals surface area contributed by atoms with Gasteiger partial charge in [0, 0.05) is 12.0 Å². The van der Waals surface area contributed by atoms with Crippen molar-refractivity contribution in [2.24, 2.45) is 17.8 Å². The number of carbonyl (C=O) groups excluding carboxylic acids is 4. The molecule has 0 spiro atoms. The highest BCUT2D eigenvalue weighted by atomic mass is 79.9. The van der Waals surface area contributed by atoms with Crippen LogP contribution < -0.4 is 4.90 Å². The number of amides is 4. The van der Waals surface area contributed by atoms with E-state index < -0.39 is 68.8 Å². The first-order valence-electron chi connectivity index (χ1n) is 13.4. The molecule has 224 valence electrons. The molecule has 2 aliphatic heterocycles. The number of aryl methyl sites for hydroxylation is 2. The fourth-order valence-corrected chi connectivity index (χ4v) is 8.80. The van der Waals surface area contributed by atoms with E-state index in [0.717, 1.165) is 21.9 Å². The summed E-state index contributed by atoms with van der Waals surface area (Å²) in [6.45, 7) is 3.39. The molecule has 2 aliphatic carbocycles. The Kier molecular flexibility index (Phi) is 6.76. The van der Waals surface area contributed by atoms with Gasteiger partial charge >= 0.3 is 5.97 Å². The number of allylic oxidation sites excluding steroid dienone is 2. The van der Waals surface area contributed by atoms with Crippen LogP contribution in [0.25, 0.3) is 0 Å². The number of rotatable bonds is 4. The summed E-state index contributed by atoms with van der Waals surface area (Å²) >= 11 is 17.6. The molecule has 2 heterocycles. The summed E-state index contributed by atoms with van der Waals surface area (Å²) in [7, 11) is 0. The average Bonchev–Trinajstić information content (AvgIpc) is 3.28. The van der Waals surface area contributed by atoms with E-state index in [1.807, 2.05) is 0 Å². The topological polar surface area (TPSA) is 153 Å². The molecule has 0 aromatic heterocycles. The number of phenolic OH excluding ortho intramolecular Hbond substituents is 1. The molecule has 6 atom stereocenters. The van der Waals surface area contributed by atoms with Crippen LogP contribution in [0.2, 0.25) is 0 Å². The molecule has 0 bridgehead atoms. The Bertz CT molecular complexity index is 1690. The summed E-state index contributed by atoms with van der Waals surface area (Å²) in [5, 5.41) is 30.0. The first-order valence-corrected chi connectivity index (χ1v) is 15.3. The first-order chi connectivity index (χ1) is 20.2. The minimum absolute atomic E-state index is 0.00968. The molecule has 3 fully saturated rings. The quantitative estimate of drug-likeness (QED) is 0.186. The number of hydrogen-bond donors (Lipinski definition) is 3. The van der Waals surface area contributed by atoms with E-state index in [9.17, 15) is 39.3 Å². The second-order valence-corrected chi connectivity index (χ2v) is 13.3. The molecule has 3 N–H and O–H groups in total. The number of likely N-dealkylation sites (tertiary alicyclic amines) is 1. The number of benzene rings is 2. The minimum Gasteiger partial charge on any atom is -0.507 e. The number of carboxylic acids is 1. The predicted molar refractivity (Wildman–Crippen MR) is 158 cm³/mol. The van der Waals surface area contributed by atoms with Gasteiger partial charge < -0.3 is 15.3 Å². The number of phenols is 2. The number of fused-ring (bicyclic) bond motifs is 4. The van der Waals surface area contributed by atoms with Crippen LogP contribution in [0.3, 0.4) is 0 Å². The van der Waals surface area contributed by atoms with E-state index in [1.54, 1.807) is 32.1 Å². The lowest BCUT2D eigenvalue weighted by Gasteiger charge is -2.51. The van der Waals surface area contributed by atoms with Gasteiger partial charge in [-0.05, 0) is 61.4 Å². The van der Waals surface area contributed by atoms with E-state index in [0.29, 0.717) is 22.3 Å². The van der Waals surface area contributed by atoms with E-state index in [4.69, 9.17) is 23.2 Å². The van der Waals surface area contributed by atoms with Gasteiger partial charge in [-0.25, -0.2) is 9.69 Å². The van der Waals surface area contributed by atoms with Crippen molar-refractivity contribution >= 4 is 74.4 Å². The molecule has 2 aromatic carbocycles. The van der Waals surface area contributed by atoms with Crippen molar-refractivity contribution in [1.29, 1.82) is 0 Å². The van der Waals surface area contributed by atoms with Crippen molar-refractivity contribution in [3.63, 3.8) is 0 Å². The zero-order valence-electron chi connectivity index (χ0n) is 22.8. The van der Waals surface area contributed by atoms with Crippen LogP contribution in [-0.2, 0) is 19.2 Å². The van der Waals surface area contributed by atoms with E-state index in [1.165, 1.54) is 6.07 Å². The number of aromatic hydroxyl groups is 2.